The van der Waals surface area contributed by atoms with Gasteiger partial charge in [0.25, 0.3) is 0 Å². The molecule has 0 saturated carbocycles. The van der Waals surface area contributed by atoms with Gasteiger partial charge >= 0.3 is 5.97 Å². The summed E-state index contributed by atoms with van der Waals surface area (Å²) in [5, 5.41) is 0. The highest BCUT2D eigenvalue weighted by Crippen LogP contribution is 2.17. The highest BCUT2D eigenvalue weighted by atomic mass is 16.5. The fourth-order valence-electron chi connectivity index (χ4n) is 2.00. The van der Waals surface area contributed by atoms with Crippen LogP contribution in [0.15, 0.2) is 24.3 Å². The van der Waals surface area contributed by atoms with Gasteiger partial charge in [-0.2, -0.15) is 0 Å². The number of esters is 1. The van der Waals surface area contributed by atoms with E-state index in [4.69, 9.17) is 4.74 Å². The van der Waals surface area contributed by atoms with Gasteiger partial charge in [-0.15, -0.1) is 0 Å². The van der Waals surface area contributed by atoms with Crippen molar-refractivity contribution < 1.29 is 9.53 Å². The van der Waals surface area contributed by atoms with Crippen LogP contribution in [0.1, 0.15) is 38.7 Å². The molecule has 0 aliphatic carbocycles. The van der Waals surface area contributed by atoms with E-state index in [1.165, 1.54) is 11.3 Å². The van der Waals surface area contributed by atoms with Gasteiger partial charge in [0.15, 0.2) is 0 Å². The van der Waals surface area contributed by atoms with E-state index in [0.29, 0.717) is 13.0 Å². The molecule has 1 rings (SSSR count). The Balaban J connectivity index is 2.63. The number of unbranched alkanes of at least 4 members (excludes halogenated alkanes) is 1. The molecule has 0 N–H and O–H groups in total. The predicted octanol–water partition coefficient (Wildman–Crippen LogP) is 3.55. The Morgan fingerprint density at radius 1 is 1.26 bits per heavy atom. The molecule has 0 aromatic heterocycles. The lowest BCUT2D eigenvalue weighted by molar-refractivity contribution is -0.142. The molecule has 0 amide bonds. The number of benzene rings is 1. The second kappa shape index (κ2) is 8.57. The molecule has 0 unspecified atom stereocenters. The molecular weight excluding hydrogens is 238 g/mol. The molecular formula is C16H25NO2. The number of nitrogens with zero attached hydrogens (tertiary/aromatic N) is 1. The fourth-order valence-corrected chi connectivity index (χ4v) is 2.00. The Bertz CT molecular complexity index is 390. The smallest absolute Gasteiger partial charge is 0.307 e. The molecule has 0 aliphatic heterocycles. The first-order valence-corrected chi connectivity index (χ1v) is 7.14. The number of anilines is 1. The van der Waals surface area contributed by atoms with Crippen LogP contribution in [0, 0.1) is 6.92 Å². The zero-order valence-corrected chi connectivity index (χ0v) is 12.3. The van der Waals surface area contributed by atoms with E-state index in [9.17, 15) is 4.79 Å². The summed E-state index contributed by atoms with van der Waals surface area (Å²) in [6.07, 6.45) is 2.74. The lowest BCUT2D eigenvalue weighted by Crippen LogP contribution is -2.27. The van der Waals surface area contributed by atoms with Crippen molar-refractivity contribution in [2.24, 2.45) is 0 Å². The number of rotatable bonds is 8. The van der Waals surface area contributed by atoms with Crippen molar-refractivity contribution in [3.8, 4) is 0 Å². The Morgan fingerprint density at radius 2 is 2.05 bits per heavy atom. The van der Waals surface area contributed by atoms with Gasteiger partial charge in [-0.1, -0.05) is 25.5 Å². The third kappa shape index (κ3) is 5.77. The Labute approximate surface area is 116 Å². The molecule has 1 aromatic carbocycles. The topological polar surface area (TPSA) is 29.5 Å². The van der Waals surface area contributed by atoms with E-state index in [1.807, 2.05) is 6.92 Å². The fraction of sp³-hybridized carbons (Fsp3) is 0.562. The minimum Gasteiger partial charge on any atom is -0.466 e. The Hall–Kier alpha value is -1.51. The van der Waals surface area contributed by atoms with Gasteiger partial charge in [0.2, 0.25) is 0 Å². The molecule has 3 heteroatoms. The molecule has 3 nitrogen and oxygen atoms in total. The summed E-state index contributed by atoms with van der Waals surface area (Å²) in [7, 11) is 0. The first-order valence-electron chi connectivity index (χ1n) is 7.14. The van der Waals surface area contributed by atoms with Crippen LogP contribution >= 0.6 is 0 Å². The average Bonchev–Trinajstić information content (AvgIpc) is 2.39. The number of carbonyl (C=O) groups is 1. The number of ether oxygens (including phenoxy) is 1. The molecule has 0 fully saturated rings. The minimum absolute atomic E-state index is 0.114. The van der Waals surface area contributed by atoms with Crippen molar-refractivity contribution in [2.75, 3.05) is 24.6 Å². The van der Waals surface area contributed by atoms with Crippen LogP contribution in [0.4, 0.5) is 5.69 Å². The monoisotopic (exact) mass is 263 g/mol. The largest absolute Gasteiger partial charge is 0.466 e. The highest BCUT2D eigenvalue weighted by molar-refractivity contribution is 5.70. The molecule has 0 spiro atoms. The molecule has 106 valence electrons. The molecule has 1 aromatic rings. The van der Waals surface area contributed by atoms with Gasteiger partial charge in [-0.25, -0.2) is 0 Å². The number of aryl methyl sites for hydroxylation is 1. The molecule has 19 heavy (non-hydrogen) atoms. The van der Waals surface area contributed by atoms with Gasteiger partial charge in [-0.05, 0) is 38.0 Å². The standard InChI is InChI=1S/C16H25NO2/c1-4-6-11-17(12-10-16(18)19-5-2)15-9-7-8-14(3)13-15/h7-9,13H,4-6,10-12H2,1-3H3. The van der Waals surface area contributed by atoms with E-state index in [-0.39, 0.29) is 5.97 Å². The van der Waals surface area contributed by atoms with E-state index >= 15 is 0 Å². The zero-order valence-electron chi connectivity index (χ0n) is 12.3. The maximum atomic E-state index is 11.5. The SMILES string of the molecule is CCCCN(CCC(=O)OCC)c1cccc(C)c1. The summed E-state index contributed by atoms with van der Waals surface area (Å²) in [5.41, 5.74) is 2.44. The quantitative estimate of drug-likeness (QED) is 0.672. The van der Waals surface area contributed by atoms with Crippen molar-refractivity contribution in [2.45, 2.75) is 40.0 Å². The molecule has 0 aliphatic rings. The molecule has 0 radical (unpaired) electrons. The van der Waals surface area contributed by atoms with Crippen LogP contribution in [0.25, 0.3) is 0 Å². The molecule has 0 saturated heterocycles. The van der Waals surface area contributed by atoms with Gasteiger partial charge in [0, 0.05) is 18.8 Å². The first-order chi connectivity index (χ1) is 9.17. The van der Waals surface area contributed by atoms with Crippen LogP contribution in [0.3, 0.4) is 0 Å². The zero-order chi connectivity index (χ0) is 14.1. The Morgan fingerprint density at radius 3 is 2.68 bits per heavy atom. The van der Waals surface area contributed by atoms with E-state index in [0.717, 1.165) is 25.9 Å². The molecule has 0 bridgehead atoms. The summed E-state index contributed by atoms with van der Waals surface area (Å²) in [6.45, 7) is 8.28. The van der Waals surface area contributed by atoms with Crippen molar-refractivity contribution in [3.63, 3.8) is 0 Å². The summed E-state index contributed by atoms with van der Waals surface area (Å²) in [6, 6.07) is 8.43. The summed E-state index contributed by atoms with van der Waals surface area (Å²) in [5.74, 6) is -0.114. The highest BCUT2D eigenvalue weighted by Gasteiger charge is 2.09. The van der Waals surface area contributed by atoms with Crippen LogP contribution < -0.4 is 4.90 Å². The van der Waals surface area contributed by atoms with Gasteiger partial charge in [0.05, 0.1) is 13.0 Å². The van der Waals surface area contributed by atoms with E-state index in [2.05, 4.69) is 43.0 Å². The maximum Gasteiger partial charge on any atom is 0.307 e. The second-order valence-electron chi connectivity index (χ2n) is 4.73. The summed E-state index contributed by atoms with van der Waals surface area (Å²) in [4.78, 5) is 13.7. The number of carbonyl (C=O) groups excluding carboxylic acids is 1. The van der Waals surface area contributed by atoms with Gasteiger partial charge in [0.1, 0.15) is 0 Å². The van der Waals surface area contributed by atoms with Gasteiger partial charge in [-0.3, -0.25) is 4.79 Å². The van der Waals surface area contributed by atoms with Crippen molar-refractivity contribution in [3.05, 3.63) is 29.8 Å². The van der Waals surface area contributed by atoms with Crippen molar-refractivity contribution in [1.82, 2.24) is 0 Å². The average molecular weight is 263 g/mol. The third-order valence-corrected chi connectivity index (χ3v) is 3.04. The Kier molecular flexibility index (Phi) is 7.01. The van der Waals surface area contributed by atoms with E-state index < -0.39 is 0 Å². The normalized spacial score (nSPS) is 10.3. The second-order valence-corrected chi connectivity index (χ2v) is 4.73. The minimum atomic E-state index is -0.114. The maximum absolute atomic E-state index is 11.5. The van der Waals surface area contributed by atoms with Crippen LogP contribution in [0.2, 0.25) is 0 Å². The van der Waals surface area contributed by atoms with Crippen LogP contribution in [-0.4, -0.2) is 25.7 Å². The lowest BCUT2D eigenvalue weighted by Gasteiger charge is -2.24. The third-order valence-electron chi connectivity index (χ3n) is 3.04. The molecule has 0 atom stereocenters. The molecule has 0 heterocycles. The van der Waals surface area contributed by atoms with Crippen molar-refractivity contribution in [1.29, 1.82) is 0 Å². The van der Waals surface area contributed by atoms with Crippen LogP contribution in [0.5, 0.6) is 0 Å². The summed E-state index contributed by atoms with van der Waals surface area (Å²) >= 11 is 0. The number of hydrogen-bond donors (Lipinski definition) is 0. The van der Waals surface area contributed by atoms with Gasteiger partial charge < -0.3 is 9.64 Å². The predicted molar refractivity (Wildman–Crippen MR) is 79.6 cm³/mol. The van der Waals surface area contributed by atoms with E-state index in [1.54, 1.807) is 0 Å². The summed E-state index contributed by atoms with van der Waals surface area (Å²) < 4.78 is 4.99. The lowest BCUT2D eigenvalue weighted by atomic mass is 10.2. The van der Waals surface area contributed by atoms with Crippen LogP contribution in [-0.2, 0) is 9.53 Å². The number of hydrogen-bond acceptors (Lipinski definition) is 3. The van der Waals surface area contributed by atoms with Crippen molar-refractivity contribution >= 4 is 11.7 Å². The first kappa shape index (κ1) is 15.5.